The summed E-state index contributed by atoms with van der Waals surface area (Å²) >= 11 is 0. The van der Waals surface area contributed by atoms with E-state index in [1.54, 1.807) is 24.3 Å². The van der Waals surface area contributed by atoms with Crippen LogP contribution in [-0.4, -0.2) is 25.5 Å². The Morgan fingerprint density at radius 2 is 1.83 bits per heavy atom. The normalized spacial score (nSPS) is 11.1. The number of hydrogen-bond donors (Lipinski definition) is 3. The molecule has 5 aromatic rings. The number of aromatic nitrogens is 4. The van der Waals surface area contributed by atoms with E-state index in [0.717, 1.165) is 5.56 Å². The van der Waals surface area contributed by atoms with Gasteiger partial charge >= 0.3 is 0 Å². The molecule has 3 N–H and O–H groups in total. The molecule has 0 saturated carbocycles. The van der Waals surface area contributed by atoms with Crippen molar-refractivity contribution in [2.45, 2.75) is 0 Å². The lowest BCUT2D eigenvalue weighted by atomic mass is 10.2. The van der Waals surface area contributed by atoms with Crippen LogP contribution < -0.4 is 16.4 Å². The van der Waals surface area contributed by atoms with E-state index in [9.17, 15) is 9.59 Å². The van der Waals surface area contributed by atoms with Crippen LogP contribution in [0.15, 0.2) is 75.9 Å². The Bertz CT molecular complexity index is 1530. The Labute approximate surface area is 168 Å². The molecular formula is C21H14N6O3. The van der Waals surface area contributed by atoms with Crippen LogP contribution in [0.4, 0.5) is 5.82 Å². The summed E-state index contributed by atoms with van der Waals surface area (Å²) < 4.78 is 6.73. The monoisotopic (exact) mass is 398 g/mol. The van der Waals surface area contributed by atoms with Crippen molar-refractivity contribution in [3.8, 4) is 11.4 Å². The molecule has 1 amide bonds. The summed E-state index contributed by atoms with van der Waals surface area (Å²) in [6.07, 6.45) is 0. The van der Waals surface area contributed by atoms with E-state index in [1.165, 1.54) is 10.5 Å². The van der Waals surface area contributed by atoms with Gasteiger partial charge in [-0.3, -0.25) is 15.0 Å². The van der Waals surface area contributed by atoms with E-state index in [1.807, 2.05) is 36.4 Å². The summed E-state index contributed by atoms with van der Waals surface area (Å²) in [5, 5.41) is 18.1. The van der Waals surface area contributed by atoms with Gasteiger partial charge in [0.25, 0.3) is 11.5 Å². The first kappa shape index (κ1) is 17.6. The van der Waals surface area contributed by atoms with Crippen LogP contribution in [0.5, 0.6) is 0 Å². The maximum Gasteiger partial charge on any atom is 0.262 e. The second kappa shape index (κ2) is 6.82. The van der Waals surface area contributed by atoms with Crippen LogP contribution in [0.1, 0.15) is 10.4 Å². The van der Waals surface area contributed by atoms with Gasteiger partial charge < -0.3 is 9.73 Å². The molecule has 0 aliphatic heterocycles. The number of fused-ring (bicyclic) bond motifs is 2. The van der Waals surface area contributed by atoms with Crippen LogP contribution in [0.25, 0.3) is 28.1 Å². The van der Waals surface area contributed by atoms with E-state index >= 15 is 0 Å². The lowest BCUT2D eigenvalue weighted by Gasteiger charge is -2.06. The number of nitrogens with zero attached hydrogens (tertiary/aromatic N) is 3. The molecule has 0 unspecified atom stereocenters. The number of anilines is 1. The van der Waals surface area contributed by atoms with Gasteiger partial charge in [0, 0.05) is 17.0 Å². The van der Waals surface area contributed by atoms with Gasteiger partial charge in [-0.15, -0.1) is 0 Å². The quantitative estimate of drug-likeness (QED) is 0.430. The van der Waals surface area contributed by atoms with Crippen molar-refractivity contribution >= 4 is 28.5 Å². The van der Waals surface area contributed by atoms with Crippen molar-refractivity contribution < 1.29 is 9.21 Å². The van der Waals surface area contributed by atoms with E-state index in [-0.39, 0.29) is 22.7 Å². The first-order valence-electron chi connectivity index (χ1n) is 9.02. The fraction of sp³-hybridized carbons (Fsp3) is 0. The lowest BCUT2D eigenvalue weighted by Crippen LogP contribution is -2.23. The van der Waals surface area contributed by atoms with Crippen LogP contribution in [0.3, 0.4) is 0 Å². The molecule has 0 radical (unpaired) electrons. The molecule has 30 heavy (non-hydrogen) atoms. The number of H-pyrrole nitrogens is 1. The third-order valence-electron chi connectivity index (χ3n) is 4.59. The number of aromatic amines is 1. The van der Waals surface area contributed by atoms with Gasteiger partial charge in [0.15, 0.2) is 5.82 Å². The number of amides is 1. The number of nitrogens with one attached hydrogen (secondary N) is 3. The number of benzene rings is 2. The summed E-state index contributed by atoms with van der Waals surface area (Å²) in [6.45, 7) is 0. The summed E-state index contributed by atoms with van der Waals surface area (Å²) in [6, 6.07) is 19.1. The van der Waals surface area contributed by atoms with Crippen LogP contribution in [0, 0.1) is 5.41 Å². The Morgan fingerprint density at radius 1 is 1.07 bits per heavy atom. The molecule has 0 bridgehead atoms. The lowest BCUT2D eigenvalue weighted by molar-refractivity contribution is 0.102. The average Bonchev–Trinajstić information content (AvgIpc) is 3.18. The number of carbonyl (C=O) groups is 1. The molecule has 0 fully saturated rings. The highest BCUT2D eigenvalue weighted by atomic mass is 16.3. The predicted octanol–water partition coefficient (Wildman–Crippen LogP) is 2.56. The van der Waals surface area contributed by atoms with Crippen molar-refractivity contribution in [1.29, 1.82) is 5.41 Å². The molecule has 9 nitrogen and oxygen atoms in total. The van der Waals surface area contributed by atoms with Crippen LogP contribution >= 0.6 is 0 Å². The van der Waals surface area contributed by atoms with Crippen molar-refractivity contribution in [2.24, 2.45) is 0 Å². The van der Waals surface area contributed by atoms with Gasteiger partial charge in [-0.1, -0.05) is 48.5 Å². The zero-order chi connectivity index (χ0) is 20.7. The van der Waals surface area contributed by atoms with Gasteiger partial charge in [-0.2, -0.15) is 10.1 Å². The molecule has 146 valence electrons. The molecule has 3 aromatic heterocycles. The number of carbonyl (C=O) groups excluding carboxylic acids is 1. The standard InChI is InChI=1S/C21H14N6O3/c22-18-14(10-13-8-4-5-9-15(13)30-18)20(29)23-16-11-17(28)27-19(25-26-21(27)24-16)12-6-2-1-3-7-12/h1-11,22H,(H,23,29)(H,24,26). The number of rotatable bonds is 3. The second-order valence-electron chi connectivity index (χ2n) is 6.53. The minimum Gasteiger partial charge on any atom is -0.438 e. The second-order valence-corrected chi connectivity index (χ2v) is 6.53. The third-order valence-corrected chi connectivity index (χ3v) is 4.59. The van der Waals surface area contributed by atoms with Gasteiger partial charge in [0.1, 0.15) is 17.0 Å². The van der Waals surface area contributed by atoms with E-state index < -0.39 is 11.5 Å². The zero-order valence-electron chi connectivity index (χ0n) is 15.4. The highest BCUT2D eigenvalue weighted by Gasteiger charge is 2.16. The minimum atomic E-state index is -0.603. The van der Waals surface area contributed by atoms with Crippen molar-refractivity contribution in [2.75, 3.05) is 5.32 Å². The number of hydrogen-bond acceptors (Lipinski definition) is 6. The molecule has 0 saturated heterocycles. The SMILES string of the molecule is N=c1oc2ccccc2cc1C(=O)Nc1cc(=O)n2c(-c3ccccc3)n[nH]c2n1. The van der Waals surface area contributed by atoms with Gasteiger partial charge in [0.05, 0.1) is 0 Å². The van der Waals surface area contributed by atoms with Gasteiger partial charge in [-0.05, 0) is 12.1 Å². The third kappa shape index (κ3) is 2.94. The van der Waals surface area contributed by atoms with Crippen molar-refractivity contribution in [3.05, 3.63) is 88.2 Å². The Kier molecular flexibility index (Phi) is 3.99. The Balaban J connectivity index is 1.52. The number of para-hydroxylation sites is 1. The van der Waals surface area contributed by atoms with E-state index in [2.05, 4.69) is 20.5 Å². The Hall–Kier alpha value is -4.53. The van der Waals surface area contributed by atoms with E-state index in [0.29, 0.717) is 16.8 Å². The Morgan fingerprint density at radius 3 is 2.67 bits per heavy atom. The molecule has 2 aromatic carbocycles. The maximum absolute atomic E-state index is 12.7. The summed E-state index contributed by atoms with van der Waals surface area (Å²) in [5.74, 6) is 0.0445. The summed E-state index contributed by atoms with van der Waals surface area (Å²) in [5.41, 5.74) is 0.600. The molecular weight excluding hydrogens is 384 g/mol. The van der Waals surface area contributed by atoms with Gasteiger partial charge in [-0.25, -0.2) is 9.50 Å². The summed E-state index contributed by atoms with van der Waals surface area (Å²) in [7, 11) is 0. The fourth-order valence-corrected chi connectivity index (χ4v) is 3.19. The fourth-order valence-electron chi connectivity index (χ4n) is 3.19. The first-order chi connectivity index (χ1) is 14.6. The van der Waals surface area contributed by atoms with Crippen molar-refractivity contribution in [1.82, 2.24) is 19.6 Å². The molecule has 0 spiro atoms. The smallest absolute Gasteiger partial charge is 0.262 e. The van der Waals surface area contributed by atoms with Crippen LogP contribution in [0.2, 0.25) is 0 Å². The van der Waals surface area contributed by atoms with Crippen LogP contribution in [-0.2, 0) is 0 Å². The average molecular weight is 398 g/mol. The first-order valence-corrected chi connectivity index (χ1v) is 9.02. The maximum atomic E-state index is 12.7. The topological polar surface area (TPSA) is 129 Å². The largest absolute Gasteiger partial charge is 0.438 e. The van der Waals surface area contributed by atoms with Gasteiger partial charge in [0.2, 0.25) is 11.3 Å². The molecule has 0 atom stereocenters. The molecule has 3 heterocycles. The van der Waals surface area contributed by atoms with E-state index in [4.69, 9.17) is 9.83 Å². The van der Waals surface area contributed by atoms with Crippen molar-refractivity contribution in [3.63, 3.8) is 0 Å². The zero-order valence-corrected chi connectivity index (χ0v) is 15.4. The molecule has 5 rings (SSSR count). The molecule has 9 heteroatoms. The molecule has 0 aliphatic rings. The highest BCUT2D eigenvalue weighted by molar-refractivity contribution is 6.04. The molecule has 0 aliphatic carbocycles. The summed E-state index contributed by atoms with van der Waals surface area (Å²) in [4.78, 5) is 29.6. The predicted molar refractivity (Wildman–Crippen MR) is 109 cm³/mol. The highest BCUT2D eigenvalue weighted by Crippen LogP contribution is 2.17. The minimum absolute atomic E-state index is 0.0327.